The number of hydrazine groups is 1. The monoisotopic (exact) mass is 290 g/mol. The van der Waals surface area contributed by atoms with E-state index in [1.807, 2.05) is 0 Å². The van der Waals surface area contributed by atoms with Crippen LogP contribution in [0.5, 0.6) is 0 Å². The zero-order valence-electron chi connectivity index (χ0n) is 11.0. The molecule has 0 fully saturated rings. The standard InChI is InChI=1S/C12H14N6O3/c13-16-11-9(2-1-3-10(11)18(20)21)12(19)15-5-7-17-6-4-14-8-17/h1-4,6,8,16H,5,7,13H2,(H,15,19). The number of hydrogen-bond acceptors (Lipinski definition) is 6. The quantitative estimate of drug-likeness (QED) is 0.404. The first kappa shape index (κ1) is 14.5. The summed E-state index contributed by atoms with van der Waals surface area (Å²) in [7, 11) is 0. The predicted molar refractivity (Wildman–Crippen MR) is 75.5 cm³/mol. The Labute approximate surface area is 119 Å². The van der Waals surface area contributed by atoms with Crippen LogP contribution >= 0.6 is 0 Å². The SMILES string of the molecule is NNc1c(C(=O)NCCn2ccnc2)cccc1[N+](=O)[O-]. The topological polar surface area (TPSA) is 128 Å². The van der Waals surface area contributed by atoms with E-state index in [2.05, 4.69) is 15.7 Å². The first-order valence-corrected chi connectivity index (χ1v) is 6.11. The van der Waals surface area contributed by atoms with E-state index < -0.39 is 10.8 Å². The van der Waals surface area contributed by atoms with Crippen LogP contribution in [0, 0.1) is 10.1 Å². The lowest BCUT2D eigenvalue weighted by molar-refractivity contribution is -0.384. The van der Waals surface area contributed by atoms with Gasteiger partial charge >= 0.3 is 0 Å². The summed E-state index contributed by atoms with van der Waals surface area (Å²) in [4.78, 5) is 26.3. The number of carbonyl (C=O) groups is 1. The zero-order valence-corrected chi connectivity index (χ0v) is 11.0. The van der Waals surface area contributed by atoms with Crippen molar-refractivity contribution in [3.8, 4) is 0 Å². The van der Waals surface area contributed by atoms with Gasteiger partial charge in [0.1, 0.15) is 5.69 Å². The van der Waals surface area contributed by atoms with Crippen molar-refractivity contribution in [2.75, 3.05) is 12.0 Å². The second-order valence-corrected chi connectivity index (χ2v) is 4.16. The van der Waals surface area contributed by atoms with Gasteiger partial charge in [0.2, 0.25) is 0 Å². The molecule has 0 saturated heterocycles. The lowest BCUT2D eigenvalue weighted by atomic mass is 10.1. The Hall–Kier alpha value is -2.94. The van der Waals surface area contributed by atoms with Crippen LogP contribution in [0.25, 0.3) is 0 Å². The van der Waals surface area contributed by atoms with E-state index in [4.69, 9.17) is 5.84 Å². The molecule has 0 bridgehead atoms. The fourth-order valence-corrected chi connectivity index (χ4v) is 1.85. The molecule has 0 spiro atoms. The summed E-state index contributed by atoms with van der Waals surface area (Å²) in [5.74, 6) is 4.85. The fraction of sp³-hybridized carbons (Fsp3) is 0.167. The summed E-state index contributed by atoms with van der Waals surface area (Å²) in [5.41, 5.74) is 2.07. The van der Waals surface area contributed by atoms with Crippen molar-refractivity contribution >= 4 is 17.3 Å². The van der Waals surface area contributed by atoms with Crippen LogP contribution in [0.2, 0.25) is 0 Å². The highest BCUT2D eigenvalue weighted by Gasteiger charge is 2.20. The molecule has 110 valence electrons. The summed E-state index contributed by atoms with van der Waals surface area (Å²) in [6.07, 6.45) is 5.04. The van der Waals surface area contributed by atoms with Crippen molar-refractivity contribution in [1.82, 2.24) is 14.9 Å². The van der Waals surface area contributed by atoms with Crippen molar-refractivity contribution in [3.05, 3.63) is 52.6 Å². The Balaban J connectivity index is 2.08. The van der Waals surface area contributed by atoms with Gasteiger partial charge in [-0.2, -0.15) is 0 Å². The lowest BCUT2D eigenvalue weighted by Crippen LogP contribution is -2.28. The Morgan fingerprint density at radius 3 is 2.90 bits per heavy atom. The highest BCUT2D eigenvalue weighted by Crippen LogP contribution is 2.27. The summed E-state index contributed by atoms with van der Waals surface area (Å²) in [6, 6.07) is 4.18. The molecule has 1 aromatic heterocycles. The number of carbonyl (C=O) groups excluding carboxylic acids is 1. The highest BCUT2D eigenvalue weighted by molar-refractivity contribution is 6.01. The van der Waals surface area contributed by atoms with Gasteiger partial charge in [0.15, 0.2) is 0 Å². The van der Waals surface area contributed by atoms with Gasteiger partial charge in [0, 0.05) is 31.5 Å². The maximum absolute atomic E-state index is 12.1. The second-order valence-electron chi connectivity index (χ2n) is 4.16. The van der Waals surface area contributed by atoms with Crippen LogP contribution in [0.3, 0.4) is 0 Å². The highest BCUT2D eigenvalue weighted by atomic mass is 16.6. The number of hydrogen-bond donors (Lipinski definition) is 3. The number of nitro groups is 1. The van der Waals surface area contributed by atoms with Crippen molar-refractivity contribution in [2.45, 2.75) is 6.54 Å². The number of nitrogens with one attached hydrogen (secondary N) is 2. The van der Waals surface area contributed by atoms with E-state index >= 15 is 0 Å². The maximum atomic E-state index is 12.1. The van der Waals surface area contributed by atoms with Crippen LogP contribution in [-0.4, -0.2) is 26.9 Å². The molecule has 21 heavy (non-hydrogen) atoms. The van der Waals surface area contributed by atoms with E-state index in [0.29, 0.717) is 13.1 Å². The van der Waals surface area contributed by atoms with Gasteiger partial charge in [0.05, 0.1) is 16.8 Å². The van der Waals surface area contributed by atoms with Crippen LogP contribution in [0.15, 0.2) is 36.9 Å². The number of imidazole rings is 1. The first-order chi connectivity index (χ1) is 10.1. The Morgan fingerprint density at radius 2 is 2.29 bits per heavy atom. The Kier molecular flexibility index (Phi) is 4.46. The largest absolute Gasteiger partial charge is 0.350 e. The Morgan fingerprint density at radius 1 is 1.48 bits per heavy atom. The maximum Gasteiger partial charge on any atom is 0.294 e. The minimum absolute atomic E-state index is 0.0115. The number of para-hydroxylation sites is 1. The third-order valence-electron chi connectivity index (χ3n) is 2.84. The lowest BCUT2D eigenvalue weighted by Gasteiger charge is -2.10. The van der Waals surface area contributed by atoms with Gasteiger partial charge < -0.3 is 15.3 Å². The molecule has 2 rings (SSSR count). The van der Waals surface area contributed by atoms with E-state index in [1.54, 1.807) is 23.3 Å². The molecule has 0 atom stereocenters. The zero-order chi connectivity index (χ0) is 15.2. The molecule has 0 aliphatic heterocycles. The molecule has 9 nitrogen and oxygen atoms in total. The summed E-state index contributed by atoms with van der Waals surface area (Å²) >= 11 is 0. The second kappa shape index (κ2) is 6.48. The third-order valence-corrected chi connectivity index (χ3v) is 2.84. The number of amides is 1. The van der Waals surface area contributed by atoms with Gasteiger partial charge in [0.25, 0.3) is 11.6 Å². The molecule has 0 radical (unpaired) electrons. The number of nitrogens with zero attached hydrogens (tertiary/aromatic N) is 3. The van der Waals surface area contributed by atoms with Gasteiger partial charge in [-0.3, -0.25) is 20.8 Å². The van der Waals surface area contributed by atoms with Gasteiger partial charge in [-0.25, -0.2) is 4.98 Å². The molecule has 2 aromatic rings. The van der Waals surface area contributed by atoms with E-state index in [9.17, 15) is 14.9 Å². The van der Waals surface area contributed by atoms with Crippen LogP contribution < -0.4 is 16.6 Å². The molecular formula is C12H14N6O3. The normalized spacial score (nSPS) is 10.1. The number of aromatic nitrogens is 2. The molecule has 0 aliphatic rings. The van der Waals surface area contributed by atoms with Crippen molar-refractivity contribution < 1.29 is 9.72 Å². The molecule has 1 aromatic carbocycles. The number of anilines is 1. The molecular weight excluding hydrogens is 276 g/mol. The summed E-state index contributed by atoms with van der Waals surface area (Å²) < 4.78 is 1.80. The van der Waals surface area contributed by atoms with E-state index in [-0.39, 0.29) is 16.9 Å². The fourth-order valence-electron chi connectivity index (χ4n) is 1.85. The van der Waals surface area contributed by atoms with Gasteiger partial charge in [-0.15, -0.1) is 0 Å². The van der Waals surface area contributed by atoms with Crippen molar-refractivity contribution in [1.29, 1.82) is 0 Å². The van der Waals surface area contributed by atoms with Crippen LogP contribution in [0.4, 0.5) is 11.4 Å². The molecule has 0 aliphatic carbocycles. The number of rotatable bonds is 6. The average Bonchev–Trinajstić information content (AvgIpc) is 2.99. The van der Waals surface area contributed by atoms with Gasteiger partial charge in [-0.1, -0.05) is 6.07 Å². The number of nitrogens with two attached hydrogens (primary N) is 1. The van der Waals surface area contributed by atoms with Crippen LogP contribution in [0.1, 0.15) is 10.4 Å². The third kappa shape index (κ3) is 3.34. The van der Waals surface area contributed by atoms with Crippen molar-refractivity contribution in [2.24, 2.45) is 5.84 Å². The average molecular weight is 290 g/mol. The number of nitrogen functional groups attached to an aromatic ring is 1. The molecule has 0 unspecified atom stereocenters. The number of nitro benzene ring substituents is 1. The smallest absolute Gasteiger partial charge is 0.294 e. The number of benzene rings is 1. The Bertz CT molecular complexity index is 640. The molecule has 4 N–H and O–H groups in total. The van der Waals surface area contributed by atoms with E-state index in [1.165, 1.54) is 18.2 Å². The molecule has 1 heterocycles. The predicted octanol–water partition coefficient (Wildman–Crippen LogP) is 0.507. The summed E-state index contributed by atoms with van der Waals surface area (Å²) in [5, 5.41) is 13.6. The van der Waals surface area contributed by atoms with E-state index in [0.717, 1.165) is 0 Å². The van der Waals surface area contributed by atoms with Crippen LogP contribution in [-0.2, 0) is 6.54 Å². The minimum Gasteiger partial charge on any atom is -0.350 e. The molecule has 9 heteroatoms. The first-order valence-electron chi connectivity index (χ1n) is 6.11. The molecule has 0 saturated carbocycles. The van der Waals surface area contributed by atoms with Gasteiger partial charge in [-0.05, 0) is 6.07 Å². The van der Waals surface area contributed by atoms with Crippen molar-refractivity contribution in [3.63, 3.8) is 0 Å². The summed E-state index contributed by atoms with van der Waals surface area (Å²) in [6.45, 7) is 0.911. The minimum atomic E-state index is -0.600. The molecule has 1 amide bonds.